The lowest BCUT2D eigenvalue weighted by atomic mass is 9.86. The number of phenols is 1. The van der Waals surface area contributed by atoms with Crippen molar-refractivity contribution in [2.45, 2.75) is 45.3 Å². The molecule has 5 heteroatoms. The number of phenolic OH excluding ortho intramolecular Hbond substituents is 1. The normalized spacial score (nSPS) is 18.1. The molecule has 0 aliphatic carbocycles. The standard InChI is InChI=1S/C17H26N2O3/c1-17(2,3)22-16(21)19-10-8-12(9-11-19)15(18)13-6-4-5-7-14(13)20/h4-7,12,15,20H,8-11,18H2,1-3H3. The van der Waals surface area contributed by atoms with Crippen LogP contribution < -0.4 is 5.73 Å². The molecule has 1 heterocycles. The van der Waals surface area contributed by atoms with Crippen LogP contribution >= 0.6 is 0 Å². The Kier molecular flexibility index (Phi) is 4.96. The molecule has 1 aliphatic rings. The van der Waals surface area contributed by atoms with Crippen LogP contribution in [0.25, 0.3) is 0 Å². The lowest BCUT2D eigenvalue weighted by Gasteiger charge is -2.35. The summed E-state index contributed by atoms with van der Waals surface area (Å²) in [6.07, 6.45) is 1.37. The van der Waals surface area contributed by atoms with Gasteiger partial charge in [-0.05, 0) is 45.6 Å². The fourth-order valence-corrected chi connectivity index (χ4v) is 2.79. The third-order valence-corrected chi connectivity index (χ3v) is 4.00. The van der Waals surface area contributed by atoms with Crippen LogP contribution in [0.5, 0.6) is 5.75 Å². The van der Waals surface area contributed by atoms with Crippen molar-refractivity contribution in [1.82, 2.24) is 4.90 Å². The number of amides is 1. The number of rotatable bonds is 2. The fourth-order valence-electron chi connectivity index (χ4n) is 2.79. The largest absolute Gasteiger partial charge is 0.508 e. The molecule has 22 heavy (non-hydrogen) atoms. The highest BCUT2D eigenvalue weighted by molar-refractivity contribution is 5.68. The lowest BCUT2D eigenvalue weighted by molar-refractivity contribution is 0.0174. The first-order valence-electron chi connectivity index (χ1n) is 7.79. The highest BCUT2D eigenvalue weighted by atomic mass is 16.6. The van der Waals surface area contributed by atoms with Crippen molar-refractivity contribution >= 4 is 6.09 Å². The molecule has 1 aromatic carbocycles. The van der Waals surface area contributed by atoms with Gasteiger partial charge in [-0.25, -0.2) is 4.79 Å². The van der Waals surface area contributed by atoms with Crippen molar-refractivity contribution in [3.8, 4) is 5.75 Å². The highest BCUT2D eigenvalue weighted by Gasteiger charge is 2.30. The quantitative estimate of drug-likeness (QED) is 0.880. The number of piperidine rings is 1. The Morgan fingerprint density at radius 3 is 2.45 bits per heavy atom. The number of carbonyl (C=O) groups excluding carboxylic acids is 1. The number of nitrogens with zero attached hydrogens (tertiary/aromatic N) is 1. The van der Waals surface area contributed by atoms with Gasteiger partial charge in [0.2, 0.25) is 0 Å². The zero-order chi connectivity index (χ0) is 16.3. The number of para-hydroxylation sites is 1. The van der Waals surface area contributed by atoms with Crippen LogP contribution in [0.1, 0.15) is 45.2 Å². The summed E-state index contributed by atoms with van der Waals surface area (Å²) in [7, 11) is 0. The minimum absolute atomic E-state index is 0.206. The smallest absolute Gasteiger partial charge is 0.410 e. The van der Waals surface area contributed by atoms with Crippen LogP contribution in [0.3, 0.4) is 0 Å². The van der Waals surface area contributed by atoms with E-state index in [1.165, 1.54) is 0 Å². The number of ether oxygens (including phenoxy) is 1. The molecule has 122 valence electrons. The molecule has 0 saturated carbocycles. The maximum atomic E-state index is 12.0. The first-order chi connectivity index (χ1) is 10.3. The van der Waals surface area contributed by atoms with E-state index in [1.54, 1.807) is 17.0 Å². The van der Waals surface area contributed by atoms with Crippen LogP contribution in [0, 0.1) is 5.92 Å². The number of benzene rings is 1. The molecule has 1 fully saturated rings. The summed E-state index contributed by atoms with van der Waals surface area (Å²) in [5, 5.41) is 9.91. The van der Waals surface area contributed by atoms with Gasteiger partial charge in [0.1, 0.15) is 11.4 Å². The van der Waals surface area contributed by atoms with Crippen molar-refractivity contribution < 1.29 is 14.6 Å². The van der Waals surface area contributed by atoms with Gasteiger partial charge in [-0.15, -0.1) is 0 Å². The van der Waals surface area contributed by atoms with Gasteiger partial charge in [0.15, 0.2) is 0 Å². The Labute approximate surface area is 132 Å². The summed E-state index contributed by atoms with van der Waals surface area (Å²) in [6, 6.07) is 6.98. The lowest BCUT2D eigenvalue weighted by Crippen LogP contribution is -2.43. The summed E-state index contributed by atoms with van der Waals surface area (Å²) >= 11 is 0. The monoisotopic (exact) mass is 306 g/mol. The molecule has 2 rings (SSSR count). The van der Waals surface area contributed by atoms with Crippen molar-refractivity contribution in [3.05, 3.63) is 29.8 Å². The number of carbonyl (C=O) groups is 1. The zero-order valence-corrected chi connectivity index (χ0v) is 13.6. The highest BCUT2D eigenvalue weighted by Crippen LogP contribution is 2.33. The predicted octanol–water partition coefficient (Wildman–Crippen LogP) is 3.04. The molecule has 5 nitrogen and oxygen atoms in total. The van der Waals surface area contributed by atoms with Gasteiger partial charge in [-0.3, -0.25) is 0 Å². The second kappa shape index (κ2) is 6.57. The van der Waals surface area contributed by atoms with E-state index in [0.29, 0.717) is 13.1 Å². The van der Waals surface area contributed by atoms with Crippen LogP contribution in [0.2, 0.25) is 0 Å². The molecule has 1 amide bonds. The van der Waals surface area contributed by atoms with Gasteiger partial charge < -0.3 is 20.5 Å². The van der Waals surface area contributed by atoms with Crippen LogP contribution in [-0.2, 0) is 4.74 Å². The second-order valence-electron chi connectivity index (χ2n) is 6.89. The summed E-state index contributed by atoms with van der Waals surface area (Å²) in [5.41, 5.74) is 6.60. The van der Waals surface area contributed by atoms with E-state index < -0.39 is 5.60 Å². The van der Waals surface area contributed by atoms with Crippen LogP contribution in [0.15, 0.2) is 24.3 Å². The van der Waals surface area contributed by atoms with Gasteiger partial charge >= 0.3 is 6.09 Å². The zero-order valence-electron chi connectivity index (χ0n) is 13.6. The average Bonchev–Trinajstić information content (AvgIpc) is 2.45. The molecular formula is C17H26N2O3. The molecule has 1 aliphatic heterocycles. The van der Waals surface area contributed by atoms with E-state index in [9.17, 15) is 9.90 Å². The molecule has 1 atom stereocenters. The van der Waals surface area contributed by atoms with E-state index in [-0.39, 0.29) is 23.8 Å². The minimum Gasteiger partial charge on any atom is -0.508 e. The molecule has 1 saturated heterocycles. The fraction of sp³-hybridized carbons (Fsp3) is 0.588. The summed E-state index contributed by atoms with van der Waals surface area (Å²) in [6.45, 7) is 6.88. The Morgan fingerprint density at radius 2 is 1.91 bits per heavy atom. The van der Waals surface area contributed by atoms with Crippen molar-refractivity contribution in [3.63, 3.8) is 0 Å². The van der Waals surface area contributed by atoms with Crippen molar-refractivity contribution in [2.75, 3.05) is 13.1 Å². The number of aromatic hydroxyl groups is 1. The molecule has 0 aromatic heterocycles. The van der Waals surface area contributed by atoms with Gasteiger partial charge in [0.05, 0.1) is 0 Å². The van der Waals surface area contributed by atoms with Crippen molar-refractivity contribution in [1.29, 1.82) is 0 Å². The summed E-state index contributed by atoms with van der Waals surface area (Å²) in [4.78, 5) is 13.8. The second-order valence-corrected chi connectivity index (χ2v) is 6.89. The van der Waals surface area contributed by atoms with Gasteiger partial charge in [-0.2, -0.15) is 0 Å². The van der Waals surface area contributed by atoms with Gasteiger partial charge in [0, 0.05) is 24.7 Å². The Morgan fingerprint density at radius 1 is 1.32 bits per heavy atom. The number of likely N-dealkylation sites (tertiary alicyclic amines) is 1. The van der Waals surface area contributed by atoms with E-state index in [2.05, 4.69) is 0 Å². The van der Waals surface area contributed by atoms with Gasteiger partial charge in [0.25, 0.3) is 0 Å². The molecule has 0 spiro atoms. The third-order valence-electron chi connectivity index (χ3n) is 4.00. The third kappa shape index (κ3) is 4.13. The Balaban J connectivity index is 1.92. The number of hydrogen-bond donors (Lipinski definition) is 2. The van der Waals surface area contributed by atoms with E-state index >= 15 is 0 Å². The first kappa shape index (κ1) is 16.6. The first-order valence-corrected chi connectivity index (χ1v) is 7.79. The summed E-state index contributed by atoms with van der Waals surface area (Å²) < 4.78 is 5.39. The molecule has 0 bridgehead atoms. The minimum atomic E-state index is -0.472. The predicted molar refractivity (Wildman–Crippen MR) is 85.6 cm³/mol. The number of nitrogens with two attached hydrogens (primary N) is 1. The van der Waals surface area contributed by atoms with Gasteiger partial charge in [-0.1, -0.05) is 18.2 Å². The maximum absolute atomic E-state index is 12.0. The van der Waals surface area contributed by atoms with Crippen molar-refractivity contribution in [2.24, 2.45) is 11.7 Å². The van der Waals surface area contributed by atoms with Crippen LogP contribution in [-0.4, -0.2) is 34.8 Å². The molecule has 3 N–H and O–H groups in total. The summed E-state index contributed by atoms with van der Waals surface area (Å²) in [5.74, 6) is 0.497. The average molecular weight is 306 g/mol. The van der Waals surface area contributed by atoms with E-state index in [4.69, 9.17) is 10.5 Å². The number of hydrogen-bond acceptors (Lipinski definition) is 4. The van der Waals surface area contributed by atoms with Crippen LogP contribution in [0.4, 0.5) is 4.79 Å². The Hall–Kier alpha value is -1.75. The van der Waals surface area contributed by atoms with E-state index in [1.807, 2.05) is 32.9 Å². The Bertz CT molecular complexity index is 517. The molecular weight excluding hydrogens is 280 g/mol. The topological polar surface area (TPSA) is 75.8 Å². The maximum Gasteiger partial charge on any atom is 0.410 e. The molecule has 0 radical (unpaired) electrons. The van der Waals surface area contributed by atoms with E-state index in [0.717, 1.165) is 18.4 Å². The SMILES string of the molecule is CC(C)(C)OC(=O)N1CCC(C(N)c2ccccc2O)CC1. The molecule has 1 aromatic rings. The molecule has 1 unspecified atom stereocenters.